The van der Waals surface area contributed by atoms with Crippen molar-refractivity contribution in [1.29, 1.82) is 0 Å². The van der Waals surface area contributed by atoms with Crippen LogP contribution in [0.15, 0.2) is 60.6 Å². The second-order valence-corrected chi connectivity index (χ2v) is 8.39. The van der Waals surface area contributed by atoms with Crippen LogP contribution in [0.1, 0.15) is 42.2 Å². The van der Waals surface area contributed by atoms with Crippen molar-refractivity contribution >= 4 is 29.1 Å². The fourth-order valence-corrected chi connectivity index (χ4v) is 4.08. The maximum atomic E-state index is 12.9. The van der Waals surface area contributed by atoms with E-state index in [1.807, 2.05) is 26.0 Å². The number of nitrogens with zero attached hydrogens (tertiary/aromatic N) is 1. The van der Waals surface area contributed by atoms with Crippen LogP contribution in [-0.2, 0) is 4.79 Å². The number of ether oxygens (including phenoxy) is 1. The summed E-state index contributed by atoms with van der Waals surface area (Å²) in [5.74, 6) is -0.196. The van der Waals surface area contributed by atoms with Crippen LogP contribution in [0.4, 0.5) is 0 Å². The van der Waals surface area contributed by atoms with Crippen molar-refractivity contribution in [3.8, 4) is 5.75 Å². The molecular weight excluding hydrogens is 386 g/mol. The highest BCUT2D eigenvalue weighted by molar-refractivity contribution is 7.80. The largest absolute Gasteiger partial charge is 0.423 e. The first-order valence-electron chi connectivity index (χ1n) is 9.37. The van der Waals surface area contributed by atoms with E-state index in [2.05, 4.69) is 21.7 Å². The van der Waals surface area contributed by atoms with Gasteiger partial charge in [0.2, 0.25) is 0 Å². The first-order valence-corrected chi connectivity index (χ1v) is 9.78. The maximum Gasteiger partial charge on any atom is 0.345 e. The van der Waals surface area contributed by atoms with Crippen molar-refractivity contribution in [3.05, 3.63) is 71.7 Å². The van der Waals surface area contributed by atoms with Gasteiger partial charge in [0, 0.05) is 24.5 Å². The summed E-state index contributed by atoms with van der Waals surface area (Å²) < 4.78 is 5.40. The predicted octanol–water partition coefficient (Wildman–Crippen LogP) is 3.32. The van der Waals surface area contributed by atoms with Crippen molar-refractivity contribution in [2.45, 2.75) is 26.3 Å². The average molecular weight is 407 g/mol. The third-order valence-corrected chi connectivity index (χ3v) is 5.30. The lowest BCUT2D eigenvalue weighted by Crippen LogP contribution is -2.53. The maximum absolute atomic E-state index is 12.9. The number of ketones is 1. The zero-order valence-corrected chi connectivity index (χ0v) is 17.0. The predicted molar refractivity (Wildman–Crippen MR) is 112 cm³/mol. The molecule has 0 bridgehead atoms. The van der Waals surface area contributed by atoms with E-state index in [0.717, 1.165) is 11.3 Å². The molecule has 2 aliphatic rings. The number of fused-ring (bicyclic) bond motifs is 1. The van der Waals surface area contributed by atoms with E-state index in [0.29, 0.717) is 22.8 Å². The molecule has 0 spiro atoms. The molecule has 2 aromatic rings. The van der Waals surface area contributed by atoms with Crippen LogP contribution in [0, 0.1) is 11.3 Å². The monoisotopic (exact) mass is 407 g/mol. The number of hydrogen-bond acceptors (Lipinski definition) is 5. The van der Waals surface area contributed by atoms with Crippen LogP contribution in [0.2, 0.25) is 0 Å². The number of pyridine rings is 1. The number of benzene rings is 1. The Morgan fingerprint density at radius 1 is 1.24 bits per heavy atom. The van der Waals surface area contributed by atoms with Gasteiger partial charge in [-0.3, -0.25) is 9.78 Å². The van der Waals surface area contributed by atoms with Crippen LogP contribution in [-0.4, -0.2) is 21.8 Å². The Bertz CT molecular complexity index is 1000. The summed E-state index contributed by atoms with van der Waals surface area (Å²) in [7, 11) is 0. The quantitative estimate of drug-likeness (QED) is 0.459. The zero-order chi connectivity index (χ0) is 20.6. The molecule has 7 heteroatoms. The molecule has 1 saturated heterocycles. The summed E-state index contributed by atoms with van der Waals surface area (Å²) in [6.45, 7) is 4.09. The second kappa shape index (κ2) is 7.40. The number of carbonyl (C=O) groups is 2. The third kappa shape index (κ3) is 4.05. The first kappa shape index (κ1) is 19.3. The lowest BCUT2D eigenvalue weighted by molar-refractivity contribution is -0.125. The number of thiocarbonyl (C=S) groups is 1. The molecule has 29 heavy (non-hydrogen) atoms. The van der Waals surface area contributed by atoms with Crippen molar-refractivity contribution < 1.29 is 14.3 Å². The van der Waals surface area contributed by atoms with Crippen molar-refractivity contribution in [3.63, 3.8) is 0 Å². The molecule has 2 atom stereocenters. The van der Waals surface area contributed by atoms with Crippen molar-refractivity contribution in [1.82, 2.24) is 15.6 Å². The van der Waals surface area contributed by atoms with E-state index in [9.17, 15) is 9.59 Å². The number of Topliss-reactive ketones (excluding diaryl/α,β-unsaturated/α-hetero) is 1. The average Bonchev–Trinajstić information content (AvgIpc) is 2.67. The Balaban J connectivity index is 1.56. The normalized spacial score (nSPS) is 22.6. The van der Waals surface area contributed by atoms with Gasteiger partial charge in [-0.1, -0.05) is 32.1 Å². The van der Waals surface area contributed by atoms with Crippen LogP contribution in [0.5, 0.6) is 5.75 Å². The number of aromatic nitrogens is 1. The van der Waals surface area contributed by atoms with Crippen LogP contribution in [0.25, 0.3) is 0 Å². The Hall–Kier alpha value is -3.06. The fourth-order valence-electron chi connectivity index (χ4n) is 3.83. The lowest BCUT2D eigenvalue weighted by Gasteiger charge is -2.41. The topological polar surface area (TPSA) is 80.3 Å². The number of allylic oxidation sites excluding steroid dienone is 1. The molecule has 1 aliphatic heterocycles. The Morgan fingerprint density at radius 3 is 2.69 bits per heavy atom. The van der Waals surface area contributed by atoms with Gasteiger partial charge >= 0.3 is 5.97 Å². The number of carbonyl (C=O) groups excluding carboxylic acids is 2. The Morgan fingerprint density at radius 2 is 2.00 bits per heavy atom. The highest BCUT2D eigenvalue weighted by Gasteiger charge is 2.42. The van der Waals surface area contributed by atoms with Gasteiger partial charge in [-0.05, 0) is 47.5 Å². The molecule has 0 amide bonds. The molecular formula is C22H21N3O3S. The van der Waals surface area contributed by atoms with Gasteiger partial charge in [-0.2, -0.15) is 0 Å². The van der Waals surface area contributed by atoms with E-state index in [-0.39, 0.29) is 23.2 Å². The summed E-state index contributed by atoms with van der Waals surface area (Å²) >= 11 is 5.35. The number of esters is 1. The van der Waals surface area contributed by atoms with E-state index in [4.69, 9.17) is 17.0 Å². The molecule has 1 fully saturated rings. The molecule has 1 aromatic carbocycles. The number of rotatable bonds is 3. The van der Waals surface area contributed by atoms with Gasteiger partial charge in [0.1, 0.15) is 11.5 Å². The van der Waals surface area contributed by atoms with Crippen LogP contribution in [0.3, 0.4) is 0 Å². The number of hydrogen-bond donors (Lipinski definition) is 2. The molecule has 2 N–H and O–H groups in total. The molecule has 6 nitrogen and oxygen atoms in total. The smallest absolute Gasteiger partial charge is 0.345 e. The SMILES string of the molecule is CC1(C)C=C2NC(=S)N[C@@H](c3ccc(OC(=O)c4cccnc4)cc3)[C@@H]2C(=O)C1. The summed E-state index contributed by atoms with van der Waals surface area (Å²) in [4.78, 5) is 29.0. The van der Waals surface area contributed by atoms with Crippen LogP contribution < -0.4 is 15.4 Å². The van der Waals surface area contributed by atoms with Gasteiger partial charge in [-0.25, -0.2) is 4.79 Å². The Kier molecular flexibility index (Phi) is 4.92. The molecule has 1 aliphatic carbocycles. The second-order valence-electron chi connectivity index (χ2n) is 7.99. The first-order chi connectivity index (χ1) is 13.8. The number of nitrogens with one attached hydrogen (secondary N) is 2. The molecule has 2 heterocycles. The summed E-state index contributed by atoms with van der Waals surface area (Å²) in [6, 6.07) is 10.2. The minimum atomic E-state index is -0.470. The molecule has 4 rings (SSSR count). The highest BCUT2D eigenvalue weighted by atomic mass is 32.1. The molecule has 1 aromatic heterocycles. The minimum absolute atomic E-state index is 0.173. The summed E-state index contributed by atoms with van der Waals surface area (Å²) in [5, 5.41) is 6.86. The van der Waals surface area contributed by atoms with Gasteiger partial charge < -0.3 is 15.4 Å². The molecule has 148 valence electrons. The van der Waals surface area contributed by atoms with Gasteiger partial charge in [0.15, 0.2) is 5.11 Å². The van der Waals surface area contributed by atoms with E-state index >= 15 is 0 Å². The van der Waals surface area contributed by atoms with Gasteiger partial charge in [0.25, 0.3) is 0 Å². The van der Waals surface area contributed by atoms with E-state index < -0.39 is 5.97 Å². The lowest BCUT2D eigenvalue weighted by atomic mass is 9.72. The van der Waals surface area contributed by atoms with E-state index in [1.54, 1.807) is 30.5 Å². The zero-order valence-electron chi connectivity index (χ0n) is 16.1. The summed E-state index contributed by atoms with van der Waals surface area (Å²) in [6.07, 6.45) is 5.64. The van der Waals surface area contributed by atoms with Crippen molar-refractivity contribution in [2.75, 3.05) is 0 Å². The standard InChI is InChI=1S/C22H21N3O3S/c1-22(2)10-16-18(17(26)11-22)19(25-21(29)24-16)13-5-7-15(8-6-13)28-20(27)14-4-3-9-23-12-14/h3-10,12,18-19H,11H2,1-2H3,(H2,24,25,29)/t18-,19-/m0/s1. The summed E-state index contributed by atoms with van der Waals surface area (Å²) in [5.41, 5.74) is 1.94. The Labute approximate surface area is 174 Å². The molecule has 0 unspecified atom stereocenters. The van der Waals surface area contributed by atoms with Crippen molar-refractivity contribution in [2.24, 2.45) is 11.3 Å². The fraction of sp³-hybridized carbons (Fsp3) is 0.273. The van der Waals surface area contributed by atoms with Crippen LogP contribution >= 0.6 is 12.2 Å². The highest BCUT2D eigenvalue weighted by Crippen LogP contribution is 2.40. The van der Waals surface area contributed by atoms with E-state index in [1.165, 1.54) is 6.20 Å². The third-order valence-electron chi connectivity index (χ3n) is 5.08. The minimum Gasteiger partial charge on any atom is -0.423 e. The molecule has 0 radical (unpaired) electrons. The van der Waals surface area contributed by atoms with Gasteiger partial charge in [0.05, 0.1) is 17.5 Å². The van der Waals surface area contributed by atoms with Gasteiger partial charge in [-0.15, -0.1) is 0 Å². The molecule has 0 saturated carbocycles.